The zero-order valence-corrected chi connectivity index (χ0v) is 12.7. The number of carbonyl (C=O) groups excluding carboxylic acids is 2. The molecule has 0 radical (unpaired) electrons. The molecule has 1 atom stereocenters. The van der Waals surface area contributed by atoms with Crippen LogP contribution in [-0.2, 0) is 11.2 Å². The molecule has 2 aromatic rings. The van der Waals surface area contributed by atoms with Gasteiger partial charge in [0.25, 0.3) is 11.8 Å². The summed E-state index contributed by atoms with van der Waals surface area (Å²) < 4.78 is 1.66. The summed E-state index contributed by atoms with van der Waals surface area (Å²) in [6.07, 6.45) is 4.27. The molecular formula is C17H20N3O2+. The summed E-state index contributed by atoms with van der Waals surface area (Å²) in [5.41, 5.74) is 7.59. The molecule has 2 rings (SSSR count). The molecule has 0 bridgehead atoms. The number of pyridine rings is 1. The Kier molecular flexibility index (Phi) is 4.88. The van der Waals surface area contributed by atoms with Gasteiger partial charge in [0.2, 0.25) is 6.04 Å². The van der Waals surface area contributed by atoms with E-state index < -0.39 is 11.9 Å². The van der Waals surface area contributed by atoms with E-state index >= 15 is 0 Å². The highest BCUT2D eigenvalue weighted by molar-refractivity contribution is 5.93. The molecule has 3 N–H and O–H groups in total. The minimum atomic E-state index is -0.517. The number of rotatable bonds is 5. The second kappa shape index (κ2) is 6.85. The summed E-state index contributed by atoms with van der Waals surface area (Å²) in [7, 11) is 0. The zero-order chi connectivity index (χ0) is 16.1. The molecule has 5 nitrogen and oxygen atoms in total. The number of nitrogens with zero attached hydrogens (tertiary/aromatic N) is 1. The quantitative estimate of drug-likeness (QED) is 0.826. The molecule has 114 valence electrons. The fourth-order valence-corrected chi connectivity index (χ4v) is 2.09. The molecule has 0 aliphatic carbocycles. The van der Waals surface area contributed by atoms with Crippen LogP contribution in [0.1, 0.15) is 35.8 Å². The Morgan fingerprint density at radius 2 is 1.91 bits per heavy atom. The number of primary amides is 1. The predicted octanol–water partition coefficient (Wildman–Crippen LogP) is 1.84. The summed E-state index contributed by atoms with van der Waals surface area (Å²) in [5, 5.41) is 2.86. The molecular weight excluding hydrogens is 278 g/mol. The minimum absolute atomic E-state index is 0.157. The van der Waals surface area contributed by atoms with Crippen LogP contribution in [0.25, 0.3) is 0 Å². The van der Waals surface area contributed by atoms with E-state index in [1.165, 1.54) is 5.56 Å². The van der Waals surface area contributed by atoms with Crippen LogP contribution in [-0.4, -0.2) is 11.8 Å². The van der Waals surface area contributed by atoms with Crippen molar-refractivity contribution in [3.63, 3.8) is 0 Å². The van der Waals surface area contributed by atoms with E-state index in [1.807, 2.05) is 24.3 Å². The maximum absolute atomic E-state index is 12.3. The van der Waals surface area contributed by atoms with Crippen molar-refractivity contribution in [3.05, 3.63) is 59.9 Å². The van der Waals surface area contributed by atoms with Crippen molar-refractivity contribution in [2.45, 2.75) is 26.3 Å². The number of amides is 2. The molecule has 5 heteroatoms. The molecule has 1 aromatic heterocycles. The van der Waals surface area contributed by atoms with Crippen molar-refractivity contribution in [2.24, 2.45) is 5.73 Å². The molecule has 0 saturated heterocycles. The molecule has 2 amide bonds. The largest absolute Gasteiger partial charge is 0.365 e. The van der Waals surface area contributed by atoms with Crippen molar-refractivity contribution in [1.29, 1.82) is 0 Å². The standard InChI is InChI=1S/C17H19N3O2/c1-3-13-6-8-15(9-7-13)19-17(22)12(2)20-10-4-5-14(11-20)16(18)21/h4-12H,3H2,1-2H3,(H2-,18,19,21,22)/p+1/t12-/m0/s1. The summed E-state index contributed by atoms with van der Waals surface area (Å²) in [6, 6.07) is 10.6. The first kappa shape index (κ1) is 15.7. The van der Waals surface area contributed by atoms with E-state index in [0.29, 0.717) is 5.56 Å². The van der Waals surface area contributed by atoms with E-state index in [-0.39, 0.29) is 5.91 Å². The second-order valence-electron chi connectivity index (χ2n) is 5.12. The Hall–Kier alpha value is -2.69. The number of aromatic nitrogens is 1. The number of nitrogens with two attached hydrogens (primary N) is 1. The van der Waals surface area contributed by atoms with Gasteiger partial charge in [0, 0.05) is 18.7 Å². The maximum atomic E-state index is 12.3. The van der Waals surface area contributed by atoms with Crippen molar-refractivity contribution in [2.75, 3.05) is 5.32 Å². The number of hydrogen-bond acceptors (Lipinski definition) is 2. The van der Waals surface area contributed by atoms with Crippen LogP contribution in [0.5, 0.6) is 0 Å². The van der Waals surface area contributed by atoms with Gasteiger partial charge in [0.1, 0.15) is 5.56 Å². The number of hydrogen-bond donors (Lipinski definition) is 2. The third-order valence-electron chi connectivity index (χ3n) is 3.56. The lowest BCUT2D eigenvalue weighted by Gasteiger charge is -2.09. The van der Waals surface area contributed by atoms with Crippen molar-refractivity contribution >= 4 is 17.5 Å². The molecule has 22 heavy (non-hydrogen) atoms. The first-order chi connectivity index (χ1) is 10.5. The summed E-state index contributed by atoms with van der Waals surface area (Å²) in [4.78, 5) is 23.5. The first-order valence-electron chi connectivity index (χ1n) is 7.21. The van der Waals surface area contributed by atoms with Gasteiger partial charge in [-0.25, -0.2) is 0 Å². The smallest absolute Gasteiger partial charge is 0.293 e. The number of anilines is 1. The van der Waals surface area contributed by atoms with Gasteiger partial charge in [0.05, 0.1) is 0 Å². The summed E-state index contributed by atoms with van der Waals surface area (Å²) in [6.45, 7) is 3.85. The lowest BCUT2D eigenvalue weighted by atomic mass is 10.1. The second-order valence-corrected chi connectivity index (χ2v) is 5.12. The van der Waals surface area contributed by atoms with Crippen molar-refractivity contribution in [3.8, 4) is 0 Å². The molecule has 0 aliphatic rings. The van der Waals surface area contributed by atoms with Crippen LogP contribution in [0.4, 0.5) is 5.69 Å². The number of aryl methyl sites for hydroxylation is 1. The highest BCUT2D eigenvalue weighted by Gasteiger charge is 2.22. The predicted molar refractivity (Wildman–Crippen MR) is 84.3 cm³/mol. The highest BCUT2D eigenvalue weighted by Crippen LogP contribution is 2.11. The zero-order valence-electron chi connectivity index (χ0n) is 12.7. The van der Waals surface area contributed by atoms with Crippen molar-refractivity contribution < 1.29 is 14.2 Å². The molecule has 1 heterocycles. The molecule has 0 fully saturated rings. The van der Waals surface area contributed by atoms with Crippen LogP contribution in [0, 0.1) is 0 Å². The lowest BCUT2D eigenvalue weighted by molar-refractivity contribution is -0.705. The van der Waals surface area contributed by atoms with E-state index in [0.717, 1.165) is 12.1 Å². The lowest BCUT2D eigenvalue weighted by Crippen LogP contribution is -2.44. The van der Waals surface area contributed by atoms with E-state index in [9.17, 15) is 9.59 Å². The van der Waals surface area contributed by atoms with Crippen LogP contribution in [0.15, 0.2) is 48.8 Å². The van der Waals surface area contributed by atoms with Gasteiger partial charge in [-0.15, -0.1) is 0 Å². The van der Waals surface area contributed by atoms with Gasteiger partial charge in [-0.05, 0) is 30.2 Å². The van der Waals surface area contributed by atoms with Crippen LogP contribution in [0.2, 0.25) is 0 Å². The molecule has 0 spiro atoms. The van der Waals surface area contributed by atoms with Crippen LogP contribution >= 0.6 is 0 Å². The van der Waals surface area contributed by atoms with Gasteiger partial charge in [-0.1, -0.05) is 19.1 Å². The Labute approximate surface area is 129 Å². The first-order valence-corrected chi connectivity index (χ1v) is 7.21. The van der Waals surface area contributed by atoms with Crippen molar-refractivity contribution in [1.82, 2.24) is 0 Å². The Morgan fingerprint density at radius 1 is 1.23 bits per heavy atom. The van der Waals surface area contributed by atoms with Gasteiger partial charge >= 0.3 is 0 Å². The summed E-state index contributed by atoms with van der Waals surface area (Å²) >= 11 is 0. The fourth-order valence-electron chi connectivity index (χ4n) is 2.09. The third kappa shape index (κ3) is 3.69. The Morgan fingerprint density at radius 3 is 2.50 bits per heavy atom. The number of nitrogens with one attached hydrogen (secondary N) is 1. The van der Waals surface area contributed by atoms with E-state index in [2.05, 4.69) is 12.2 Å². The van der Waals surface area contributed by atoms with Crippen LogP contribution in [0.3, 0.4) is 0 Å². The molecule has 0 aliphatic heterocycles. The number of benzene rings is 1. The van der Waals surface area contributed by atoms with E-state index in [4.69, 9.17) is 5.73 Å². The molecule has 0 unspecified atom stereocenters. The highest BCUT2D eigenvalue weighted by atomic mass is 16.2. The molecule has 1 aromatic carbocycles. The van der Waals surface area contributed by atoms with Gasteiger partial charge in [-0.2, -0.15) is 4.57 Å². The number of carbonyl (C=O) groups is 2. The Balaban J connectivity index is 2.11. The maximum Gasteiger partial charge on any atom is 0.293 e. The fraction of sp³-hybridized carbons (Fsp3) is 0.235. The Bertz CT molecular complexity index is 681. The van der Waals surface area contributed by atoms with Gasteiger partial charge in [0.15, 0.2) is 12.4 Å². The topological polar surface area (TPSA) is 76.1 Å². The van der Waals surface area contributed by atoms with Gasteiger partial charge in [-0.3, -0.25) is 9.59 Å². The average Bonchev–Trinajstić information content (AvgIpc) is 2.54. The summed E-state index contributed by atoms with van der Waals surface area (Å²) in [5.74, 6) is -0.673. The SMILES string of the molecule is CCc1ccc(NC(=O)[C@H](C)[n+]2cccc(C(N)=O)c2)cc1. The van der Waals surface area contributed by atoms with Crippen LogP contribution < -0.4 is 15.6 Å². The minimum Gasteiger partial charge on any atom is -0.365 e. The van der Waals surface area contributed by atoms with Gasteiger partial charge < -0.3 is 11.1 Å². The van der Waals surface area contributed by atoms with E-state index in [1.54, 1.807) is 36.0 Å². The average molecular weight is 298 g/mol. The molecule has 0 saturated carbocycles. The third-order valence-corrected chi connectivity index (χ3v) is 3.56. The normalized spacial score (nSPS) is 11.7. The monoisotopic (exact) mass is 298 g/mol.